The van der Waals surface area contributed by atoms with E-state index in [4.69, 9.17) is 9.47 Å². The molecule has 0 atom stereocenters. The molecule has 146 valence electrons. The molecule has 0 aliphatic carbocycles. The van der Waals surface area contributed by atoms with Crippen LogP contribution in [0.4, 0.5) is 0 Å². The second-order valence-corrected chi connectivity index (χ2v) is 6.76. The van der Waals surface area contributed by atoms with Gasteiger partial charge in [0.25, 0.3) is 0 Å². The third-order valence-corrected chi connectivity index (χ3v) is 4.36. The Kier molecular flexibility index (Phi) is 6.84. The van der Waals surface area contributed by atoms with Crippen LogP contribution in [0, 0.1) is 25.2 Å². The third-order valence-electron chi connectivity index (χ3n) is 4.36. The highest BCUT2D eigenvalue weighted by atomic mass is 16.5. The van der Waals surface area contributed by atoms with E-state index in [1.807, 2.05) is 44.4 Å². The number of Topliss-reactive ketones (excluding diaryl/α,β-unsaturated/α-hetero) is 1. The largest absolute Gasteiger partial charge is 0.493 e. The summed E-state index contributed by atoms with van der Waals surface area (Å²) in [7, 11) is 1.56. The van der Waals surface area contributed by atoms with Crippen LogP contribution < -0.4 is 9.47 Å². The van der Waals surface area contributed by atoms with E-state index in [2.05, 4.69) is 6.58 Å². The van der Waals surface area contributed by atoms with Gasteiger partial charge in [0.05, 0.1) is 13.2 Å². The van der Waals surface area contributed by atoms with Crippen LogP contribution in [-0.4, -0.2) is 23.6 Å². The van der Waals surface area contributed by atoms with Gasteiger partial charge in [0, 0.05) is 23.5 Å². The van der Waals surface area contributed by atoms with Gasteiger partial charge in [-0.2, -0.15) is 5.26 Å². The monoisotopic (exact) mass is 378 g/mol. The summed E-state index contributed by atoms with van der Waals surface area (Å²) in [6.07, 6.45) is 3.36. The second kappa shape index (κ2) is 9.09. The van der Waals surface area contributed by atoms with E-state index in [0.717, 1.165) is 11.4 Å². The van der Waals surface area contributed by atoms with Crippen LogP contribution in [0.3, 0.4) is 0 Å². The van der Waals surface area contributed by atoms with Gasteiger partial charge in [0.2, 0.25) is 5.78 Å². The molecule has 5 heteroatoms. The molecule has 2 rings (SSSR count). The standard InChI is InChI=1S/C23H26N2O3/c1-7-10-25-16(4)11-20(17(25)5)23(26)19(14-24)12-18-8-9-21(28-15(2)3)22(13-18)27-6/h7-9,11-13,15H,1,10H2,2-6H3/b19-12+. The molecule has 28 heavy (non-hydrogen) atoms. The normalized spacial score (nSPS) is 11.2. The fourth-order valence-corrected chi connectivity index (χ4v) is 3.03. The molecule has 5 nitrogen and oxygen atoms in total. The van der Waals surface area contributed by atoms with E-state index in [1.165, 1.54) is 0 Å². The molecule has 0 aliphatic rings. The van der Waals surface area contributed by atoms with E-state index < -0.39 is 0 Å². The van der Waals surface area contributed by atoms with Crippen molar-refractivity contribution in [2.75, 3.05) is 7.11 Å². The average Bonchev–Trinajstić information content (AvgIpc) is 2.94. The van der Waals surface area contributed by atoms with Crippen LogP contribution in [-0.2, 0) is 6.54 Å². The Morgan fingerprint density at radius 3 is 2.57 bits per heavy atom. The third kappa shape index (κ3) is 4.52. The molecule has 0 fully saturated rings. The molecule has 0 radical (unpaired) electrons. The van der Waals surface area contributed by atoms with Gasteiger partial charge in [0.15, 0.2) is 11.5 Å². The van der Waals surface area contributed by atoms with Gasteiger partial charge >= 0.3 is 0 Å². The van der Waals surface area contributed by atoms with Crippen molar-refractivity contribution in [1.82, 2.24) is 4.57 Å². The van der Waals surface area contributed by atoms with Crippen molar-refractivity contribution in [3.05, 3.63) is 65.0 Å². The smallest absolute Gasteiger partial charge is 0.205 e. The van der Waals surface area contributed by atoms with Crippen LogP contribution in [0.15, 0.2) is 42.5 Å². The topological polar surface area (TPSA) is 64.2 Å². The van der Waals surface area contributed by atoms with E-state index in [-0.39, 0.29) is 17.5 Å². The number of aromatic nitrogens is 1. The molecule has 0 unspecified atom stereocenters. The number of benzene rings is 1. The fourth-order valence-electron chi connectivity index (χ4n) is 3.03. The van der Waals surface area contributed by atoms with E-state index >= 15 is 0 Å². The lowest BCUT2D eigenvalue weighted by Gasteiger charge is -2.13. The Labute approximate surface area is 166 Å². The highest BCUT2D eigenvalue weighted by Gasteiger charge is 2.19. The van der Waals surface area contributed by atoms with Crippen LogP contribution in [0.2, 0.25) is 0 Å². The summed E-state index contributed by atoms with van der Waals surface area (Å²) in [6.45, 7) is 12.0. The van der Waals surface area contributed by atoms with Crippen molar-refractivity contribution in [2.24, 2.45) is 0 Å². The molecule has 0 N–H and O–H groups in total. The Bertz CT molecular complexity index is 959. The second-order valence-electron chi connectivity index (χ2n) is 6.76. The van der Waals surface area contributed by atoms with E-state index in [0.29, 0.717) is 29.2 Å². The van der Waals surface area contributed by atoms with Gasteiger partial charge in [0.1, 0.15) is 11.6 Å². The summed E-state index contributed by atoms with van der Waals surface area (Å²) in [5.74, 6) is 0.871. The Morgan fingerprint density at radius 1 is 1.29 bits per heavy atom. The number of carbonyl (C=O) groups excluding carboxylic acids is 1. The van der Waals surface area contributed by atoms with E-state index in [1.54, 1.807) is 37.5 Å². The quantitative estimate of drug-likeness (QED) is 0.284. The van der Waals surface area contributed by atoms with E-state index in [9.17, 15) is 10.1 Å². The Morgan fingerprint density at radius 2 is 2.00 bits per heavy atom. The maximum absolute atomic E-state index is 13.0. The highest BCUT2D eigenvalue weighted by molar-refractivity contribution is 6.14. The molecule has 0 amide bonds. The number of nitrogens with zero attached hydrogens (tertiary/aromatic N) is 2. The summed E-state index contributed by atoms with van der Waals surface area (Å²) in [6, 6.07) is 9.17. The van der Waals surface area contributed by atoms with Gasteiger partial charge in [-0.1, -0.05) is 12.1 Å². The molecule has 2 aromatic rings. The van der Waals surface area contributed by atoms with Crippen molar-refractivity contribution in [2.45, 2.75) is 40.3 Å². The maximum Gasteiger partial charge on any atom is 0.205 e. The number of allylic oxidation sites excluding steroid dienone is 2. The van der Waals surface area contributed by atoms with Gasteiger partial charge in [-0.3, -0.25) is 4.79 Å². The number of ketones is 1. The van der Waals surface area contributed by atoms with Crippen LogP contribution in [0.25, 0.3) is 6.08 Å². The number of carbonyl (C=O) groups is 1. The van der Waals surface area contributed by atoms with Crippen molar-refractivity contribution in [3.63, 3.8) is 0 Å². The molecular weight excluding hydrogens is 352 g/mol. The first-order chi connectivity index (χ1) is 13.3. The lowest BCUT2D eigenvalue weighted by molar-refractivity contribution is 0.103. The zero-order chi connectivity index (χ0) is 20.8. The minimum absolute atomic E-state index is 0.0114. The summed E-state index contributed by atoms with van der Waals surface area (Å²) >= 11 is 0. The van der Waals surface area contributed by atoms with Crippen LogP contribution in [0.1, 0.15) is 41.2 Å². The van der Waals surface area contributed by atoms with Crippen molar-refractivity contribution in [1.29, 1.82) is 5.26 Å². The van der Waals surface area contributed by atoms with Gasteiger partial charge < -0.3 is 14.0 Å². The first-order valence-corrected chi connectivity index (χ1v) is 9.11. The minimum Gasteiger partial charge on any atom is -0.493 e. The van der Waals surface area contributed by atoms with Gasteiger partial charge in [-0.15, -0.1) is 6.58 Å². The number of nitriles is 1. The number of hydrogen-bond acceptors (Lipinski definition) is 4. The number of methoxy groups -OCH3 is 1. The Hall–Kier alpha value is -3.26. The average molecular weight is 378 g/mol. The summed E-state index contributed by atoms with van der Waals surface area (Å²) < 4.78 is 13.1. The molecule has 1 aromatic carbocycles. The molecule has 1 heterocycles. The summed E-state index contributed by atoms with van der Waals surface area (Å²) in [5.41, 5.74) is 3.06. The highest BCUT2D eigenvalue weighted by Crippen LogP contribution is 2.30. The maximum atomic E-state index is 13.0. The lowest BCUT2D eigenvalue weighted by Crippen LogP contribution is -2.07. The summed E-state index contributed by atoms with van der Waals surface area (Å²) in [4.78, 5) is 13.0. The van der Waals surface area contributed by atoms with Crippen LogP contribution >= 0.6 is 0 Å². The predicted octanol–water partition coefficient (Wildman–Crippen LogP) is 4.88. The minimum atomic E-state index is -0.299. The number of ether oxygens (including phenoxy) is 2. The first-order valence-electron chi connectivity index (χ1n) is 9.11. The summed E-state index contributed by atoms with van der Waals surface area (Å²) in [5, 5.41) is 9.57. The molecule has 0 spiro atoms. The molecule has 1 aromatic heterocycles. The zero-order valence-electron chi connectivity index (χ0n) is 17.1. The van der Waals surface area contributed by atoms with Crippen LogP contribution in [0.5, 0.6) is 11.5 Å². The molecule has 0 saturated heterocycles. The van der Waals surface area contributed by atoms with Gasteiger partial charge in [-0.25, -0.2) is 0 Å². The van der Waals surface area contributed by atoms with Crippen molar-refractivity contribution < 1.29 is 14.3 Å². The zero-order valence-corrected chi connectivity index (χ0v) is 17.1. The van der Waals surface area contributed by atoms with Gasteiger partial charge in [-0.05, 0) is 57.5 Å². The van der Waals surface area contributed by atoms with Crippen molar-refractivity contribution >= 4 is 11.9 Å². The number of aryl methyl sites for hydroxylation is 1. The molecule has 0 saturated carbocycles. The predicted molar refractivity (Wildman–Crippen MR) is 111 cm³/mol. The molecular formula is C23H26N2O3. The first kappa shape index (κ1) is 21.0. The van der Waals surface area contributed by atoms with Crippen molar-refractivity contribution in [3.8, 4) is 17.6 Å². The number of rotatable bonds is 8. The fraction of sp³-hybridized carbons (Fsp3) is 0.304. The lowest BCUT2D eigenvalue weighted by atomic mass is 10.0. The molecule has 0 bridgehead atoms. The number of hydrogen-bond donors (Lipinski definition) is 0. The SMILES string of the molecule is C=CCn1c(C)cc(C(=O)/C(C#N)=C/c2ccc(OC(C)C)c(OC)c2)c1C. The molecule has 0 aliphatic heterocycles. The Balaban J connectivity index is 2.41.